The van der Waals surface area contributed by atoms with E-state index in [1.54, 1.807) is 12.1 Å². The van der Waals surface area contributed by atoms with Crippen LogP contribution in [0.25, 0.3) is 15.9 Å². The number of aryl methyl sites for hydroxylation is 1. The Morgan fingerprint density at radius 2 is 1.73 bits per heavy atom. The lowest BCUT2D eigenvalue weighted by molar-refractivity contribution is -0.113. The van der Waals surface area contributed by atoms with Crippen LogP contribution in [-0.4, -0.2) is 37.3 Å². The molecule has 0 radical (unpaired) electrons. The number of fused-ring (bicyclic) bond motifs is 1. The Bertz CT molecular complexity index is 1550. The van der Waals surface area contributed by atoms with Gasteiger partial charge in [0.2, 0.25) is 5.91 Å². The number of amides is 2. The van der Waals surface area contributed by atoms with Gasteiger partial charge in [-0.1, -0.05) is 65.6 Å². The van der Waals surface area contributed by atoms with Crippen LogP contribution in [0.3, 0.4) is 0 Å². The number of carbonyl (C=O) groups is 2. The molecule has 5 rings (SSSR count). The molecule has 0 aliphatic carbocycles. The van der Waals surface area contributed by atoms with Crippen molar-refractivity contribution in [2.24, 2.45) is 0 Å². The molecule has 5 aromatic rings. The van der Waals surface area contributed by atoms with Crippen LogP contribution in [-0.2, 0) is 11.3 Å². The predicted molar refractivity (Wildman–Crippen MR) is 147 cm³/mol. The Kier molecular flexibility index (Phi) is 7.29. The van der Waals surface area contributed by atoms with Gasteiger partial charge in [0.1, 0.15) is 0 Å². The van der Waals surface area contributed by atoms with Crippen molar-refractivity contribution in [3.63, 3.8) is 0 Å². The summed E-state index contributed by atoms with van der Waals surface area (Å²) in [6.07, 6.45) is 0. The summed E-state index contributed by atoms with van der Waals surface area (Å²) in [6, 6.07) is 22.8. The van der Waals surface area contributed by atoms with E-state index in [0.717, 1.165) is 27.0 Å². The van der Waals surface area contributed by atoms with Gasteiger partial charge in [0.25, 0.3) is 5.91 Å². The van der Waals surface area contributed by atoms with Crippen molar-refractivity contribution in [1.29, 1.82) is 0 Å². The van der Waals surface area contributed by atoms with Gasteiger partial charge in [-0.25, -0.2) is 4.98 Å². The second-order valence-corrected chi connectivity index (χ2v) is 10.3. The van der Waals surface area contributed by atoms with Gasteiger partial charge < -0.3 is 10.6 Å². The molecule has 0 aliphatic rings. The maximum Gasteiger partial charge on any atom is 0.251 e. The van der Waals surface area contributed by atoms with E-state index in [1.807, 2.05) is 79.1 Å². The average molecular weight is 529 g/mol. The van der Waals surface area contributed by atoms with E-state index in [-0.39, 0.29) is 24.1 Å². The lowest BCUT2D eigenvalue weighted by Crippen LogP contribution is -2.24. The molecule has 0 aliphatic heterocycles. The van der Waals surface area contributed by atoms with Gasteiger partial charge in [-0.05, 0) is 55.3 Å². The van der Waals surface area contributed by atoms with E-state index >= 15 is 0 Å². The zero-order valence-electron chi connectivity index (χ0n) is 20.3. The van der Waals surface area contributed by atoms with E-state index in [2.05, 4.69) is 25.8 Å². The zero-order valence-corrected chi connectivity index (χ0v) is 21.9. The number of para-hydroxylation sites is 1. The number of thioether (sulfide) groups is 1. The molecule has 10 heteroatoms. The van der Waals surface area contributed by atoms with Crippen molar-refractivity contribution >= 4 is 50.3 Å². The molecule has 2 amide bonds. The maximum absolute atomic E-state index is 12.7. The summed E-state index contributed by atoms with van der Waals surface area (Å²) < 4.78 is 2.92. The summed E-state index contributed by atoms with van der Waals surface area (Å²) in [5, 5.41) is 15.6. The summed E-state index contributed by atoms with van der Waals surface area (Å²) in [7, 11) is 0. The quantitative estimate of drug-likeness (QED) is 0.270. The first-order valence-electron chi connectivity index (χ1n) is 11.6. The molecule has 0 saturated heterocycles. The Labute approximate surface area is 222 Å². The van der Waals surface area contributed by atoms with E-state index in [1.165, 1.54) is 23.1 Å². The number of nitrogens with zero attached hydrogens (tertiary/aromatic N) is 4. The molecular weight excluding hydrogens is 504 g/mol. The number of thiazole rings is 1. The number of carbonyl (C=O) groups excluding carboxylic acids is 2. The largest absolute Gasteiger partial charge is 0.345 e. The Hall–Kier alpha value is -4.02. The molecule has 2 heterocycles. The fourth-order valence-corrected chi connectivity index (χ4v) is 5.44. The summed E-state index contributed by atoms with van der Waals surface area (Å²) in [5.74, 6) is 0.334. The van der Waals surface area contributed by atoms with Crippen molar-refractivity contribution in [2.75, 3.05) is 11.1 Å². The highest BCUT2D eigenvalue weighted by atomic mass is 32.2. The number of hydrogen-bond donors (Lipinski definition) is 2. The molecule has 3 aromatic carbocycles. The van der Waals surface area contributed by atoms with Crippen LogP contribution >= 0.6 is 23.1 Å². The number of aromatic nitrogens is 4. The minimum Gasteiger partial charge on any atom is -0.345 e. The highest BCUT2D eigenvalue weighted by Gasteiger charge is 2.19. The Morgan fingerprint density at radius 1 is 0.946 bits per heavy atom. The SMILES string of the molecule is Cc1cccc(-n2c(CNC(=O)c3ccccc3)nnc2SCC(=O)Nc2nc3ccccc3s2)c1C. The van der Waals surface area contributed by atoms with Crippen LogP contribution in [0.5, 0.6) is 0 Å². The monoisotopic (exact) mass is 528 g/mol. The number of hydrogen-bond acceptors (Lipinski definition) is 7. The number of rotatable bonds is 8. The smallest absolute Gasteiger partial charge is 0.251 e. The second kappa shape index (κ2) is 10.9. The fourth-order valence-electron chi connectivity index (χ4n) is 3.79. The molecule has 8 nitrogen and oxygen atoms in total. The molecule has 186 valence electrons. The topological polar surface area (TPSA) is 102 Å². The fraction of sp³-hybridized carbons (Fsp3) is 0.148. The van der Waals surface area contributed by atoms with Gasteiger partial charge in [0.15, 0.2) is 16.1 Å². The molecule has 0 atom stereocenters. The third kappa shape index (κ3) is 5.55. The van der Waals surface area contributed by atoms with E-state index in [9.17, 15) is 9.59 Å². The van der Waals surface area contributed by atoms with Crippen LogP contribution in [0.4, 0.5) is 5.13 Å². The van der Waals surface area contributed by atoms with Gasteiger partial charge in [-0.3, -0.25) is 14.2 Å². The maximum atomic E-state index is 12.7. The van der Waals surface area contributed by atoms with Crippen LogP contribution in [0.1, 0.15) is 27.3 Å². The molecule has 2 aromatic heterocycles. The first kappa shape index (κ1) is 24.7. The lowest BCUT2D eigenvalue weighted by Gasteiger charge is -2.14. The van der Waals surface area contributed by atoms with Gasteiger partial charge in [0.05, 0.1) is 28.2 Å². The van der Waals surface area contributed by atoms with E-state index in [0.29, 0.717) is 21.7 Å². The third-order valence-corrected chi connectivity index (χ3v) is 7.71. The van der Waals surface area contributed by atoms with E-state index in [4.69, 9.17) is 0 Å². The molecule has 0 spiro atoms. The van der Waals surface area contributed by atoms with Crippen molar-refractivity contribution in [3.05, 3.63) is 95.3 Å². The molecule has 2 N–H and O–H groups in total. The minimum atomic E-state index is -0.194. The first-order valence-corrected chi connectivity index (χ1v) is 13.4. The number of anilines is 1. The van der Waals surface area contributed by atoms with Gasteiger partial charge in [0, 0.05) is 5.56 Å². The summed E-state index contributed by atoms with van der Waals surface area (Å²) in [4.78, 5) is 29.8. The van der Waals surface area contributed by atoms with Crippen LogP contribution in [0.2, 0.25) is 0 Å². The van der Waals surface area contributed by atoms with Crippen LogP contribution in [0, 0.1) is 13.8 Å². The Balaban J connectivity index is 1.35. The van der Waals surface area contributed by atoms with Crippen molar-refractivity contribution < 1.29 is 9.59 Å². The summed E-state index contributed by atoms with van der Waals surface area (Å²) in [5.41, 5.74) is 4.52. The predicted octanol–water partition coefficient (Wildman–Crippen LogP) is 5.15. The summed E-state index contributed by atoms with van der Waals surface area (Å²) >= 11 is 2.72. The Morgan fingerprint density at radius 3 is 2.54 bits per heavy atom. The van der Waals surface area contributed by atoms with Crippen molar-refractivity contribution in [2.45, 2.75) is 25.5 Å². The number of benzene rings is 3. The van der Waals surface area contributed by atoms with Crippen molar-refractivity contribution in [1.82, 2.24) is 25.1 Å². The molecule has 0 saturated carbocycles. The standard InChI is InChI=1S/C27H24N6O2S2/c1-17-9-8-13-21(18(17)2)33-23(15-28-25(35)19-10-4-3-5-11-19)31-32-27(33)36-16-24(34)30-26-29-20-12-6-7-14-22(20)37-26/h3-14H,15-16H2,1-2H3,(H,28,35)(H,29,30,34). The zero-order chi connectivity index (χ0) is 25.8. The number of nitrogens with one attached hydrogen (secondary N) is 2. The molecule has 37 heavy (non-hydrogen) atoms. The lowest BCUT2D eigenvalue weighted by atomic mass is 10.1. The first-order chi connectivity index (χ1) is 18.0. The highest BCUT2D eigenvalue weighted by Crippen LogP contribution is 2.28. The van der Waals surface area contributed by atoms with Crippen molar-refractivity contribution in [3.8, 4) is 5.69 Å². The second-order valence-electron chi connectivity index (χ2n) is 8.33. The van der Waals surface area contributed by atoms with Crippen LogP contribution in [0.15, 0.2) is 78.0 Å². The summed E-state index contributed by atoms with van der Waals surface area (Å²) in [6.45, 7) is 4.26. The minimum absolute atomic E-state index is 0.134. The average Bonchev–Trinajstić information content (AvgIpc) is 3.51. The highest BCUT2D eigenvalue weighted by molar-refractivity contribution is 7.99. The molecule has 0 unspecified atom stereocenters. The van der Waals surface area contributed by atoms with E-state index < -0.39 is 0 Å². The molecular formula is C27H24N6O2S2. The molecule has 0 fully saturated rings. The van der Waals surface area contributed by atoms with Gasteiger partial charge >= 0.3 is 0 Å². The normalized spacial score (nSPS) is 11.0. The van der Waals surface area contributed by atoms with Gasteiger partial charge in [-0.15, -0.1) is 10.2 Å². The molecule has 0 bridgehead atoms. The van der Waals surface area contributed by atoms with Crippen LogP contribution < -0.4 is 10.6 Å². The van der Waals surface area contributed by atoms with Gasteiger partial charge in [-0.2, -0.15) is 0 Å². The third-order valence-electron chi connectivity index (χ3n) is 5.83.